The van der Waals surface area contributed by atoms with E-state index in [1.54, 1.807) is 6.20 Å². The minimum absolute atomic E-state index is 0.142. The summed E-state index contributed by atoms with van der Waals surface area (Å²) in [7, 11) is 0. The Bertz CT molecular complexity index is 916. The molecule has 1 saturated carbocycles. The van der Waals surface area contributed by atoms with Crippen molar-refractivity contribution in [2.45, 2.75) is 57.2 Å². The van der Waals surface area contributed by atoms with Crippen LogP contribution in [0.15, 0.2) is 47.4 Å². The number of benzene rings is 1. The first kappa shape index (κ1) is 16.6. The summed E-state index contributed by atoms with van der Waals surface area (Å²) in [5.74, 6) is -0.0110. The summed E-state index contributed by atoms with van der Waals surface area (Å²) < 4.78 is 13.9. The second-order valence-corrected chi connectivity index (χ2v) is 7.52. The lowest BCUT2D eigenvalue weighted by Crippen LogP contribution is -2.53. The normalized spacial score (nSPS) is 26.3. The molecule has 4 heterocycles. The molecule has 140 valence electrons. The molecule has 1 unspecified atom stereocenters. The number of amides is 1. The molecule has 3 aliphatic heterocycles. The fraction of sp³-hybridized carbons (Fsp3) is 0.429. The lowest BCUT2D eigenvalue weighted by Gasteiger charge is -2.39. The van der Waals surface area contributed by atoms with E-state index in [1.807, 2.05) is 39.8 Å². The molecular formula is C21H22N2O4. The number of hydrogen-bond donors (Lipinski definition) is 0. The third-order valence-corrected chi connectivity index (χ3v) is 5.84. The van der Waals surface area contributed by atoms with Gasteiger partial charge >= 0.3 is 0 Å². The fourth-order valence-electron chi connectivity index (χ4n) is 4.50. The van der Waals surface area contributed by atoms with Gasteiger partial charge < -0.3 is 18.9 Å². The summed E-state index contributed by atoms with van der Waals surface area (Å²) in [6.07, 6.45) is 5.58. The van der Waals surface area contributed by atoms with Crippen LogP contribution in [0.4, 0.5) is 0 Å². The van der Waals surface area contributed by atoms with Crippen molar-refractivity contribution < 1.29 is 14.3 Å². The van der Waals surface area contributed by atoms with Crippen molar-refractivity contribution in [1.82, 2.24) is 9.47 Å². The predicted octanol–water partition coefficient (Wildman–Crippen LogP) is 2.55. The number of rotatable bonds is 3. The lowest BCUT2D eigenvalue weighted by atomic mass is 9.92. The average molecular weight is 366 g/mol. The maximum Gasteiger partial charge on any atom is 0.276 e. The Balaban J connectivity index is 1.51. The molecule has 1 amide bonds. The zero-order valence-electron chi connectivity index (χ0n) is 15.0. The molecule has 1 aromatic heterocycles. The molecule has 3 fully saturated rings. The highest BCUT2D eigenvalue weighted by Crippen LogP contribution is 2.37. The van der Waals surface area contributed by atoms with E-state index >= 15 is 0 Å². The largest absolute Gasteiger partial charge is 0.483 e. The average Bonchev–Trinajstić information content (AvgIpc) is 2.98. The van der Waals surface area contributed by atoms with Crippen LogP contribution in [0.2, 0.25) is 0 Å². The number of carbonyl (C=O) groups is 1. The van der Waals surface area contributed by atoms with E-state index in [4.69, 9.17) is 9.47 Å². The standard InChI is InChI=1S/C21H22N2O4/c24-17-10-11-22-12-18-23(15-6-8-16(27-18)9-7-15)21(25)19(22)20(17)26-13-14-4-2-1-3-5-14/h1-5,10-11,15-16,18H,6-9,12-13H2. The van der Waals surface area contributed by atoms with E-state index < -0.39 is 0 Å². The molecule has 2 aromatic rings. The number of hydrogen-bond acceptors (Lipinski definition) is 4. The number of carbonyl (C=O) groups excluding carboxylic acids is 1. The number of nitrogens with zero attached hydrogens (tertiary/aromatic N) is 2. The predicted molar refractivity (Wildman–Crippen MR) is 98.6 cm³/mol. The molecule has 0 N–H and O–H groups in total. The van der Waals surface area contributed by atoms with E-state index in [0.717, 1.165) is 31.2 Å². The van der Waals surface area contributed by atoms with Gasteiger partial charge in [-0.3, -0.25) is 9.59 Å². The molecule has 6 heteroatoms. The van der Waals surface area contributed by atoms with Gasteiger partial charge in [0.05, 0.1) is 12.6 Å². The molecule has 27 heavy (non-hydrogen) atoms. The Labute approximate surface area is 157 Å². The van der Waals surface area contributed by atoms with Crippen LogP contribution in [-0.4, -0.2) is 33.7 Å². The van der Waals surface area contributed by atoms with Crippen molar-refractivity contribution in [3.8, 4) is 5.75 Å². The molecule has 0 spiro atoms. The maximum absolute atomic E-state index is 13.4. The number of ether oxygens (including phenoxy) is 2. The molecular weight excluding hydrogens is 344 g/mol. The Morgan fingerprint density at radius 2 is 1.81 bits per heavy atom. The first-order valence-electron chi connectivity index (χ1n) is 9.59. The number of aromatic nitrogens is 1. The van der Waals surface area contributed by atoms with Crippen LogP contribution in [0, 0.1) is 0 Å². The molecule has 6 rings (SSSR count). The summed E-state index contributed by atoms with van der Waals surface area (Å²) >= 11 is 0. The third kappa shape index (κ3) is 2.84. The topological polar surface area (TPSA) is 60.8 Å². The number of pyridine rings is 1. The Morgan fingerprint density at radius 1 is 1.04 bits per heavy atom. The minimum atomic E-state index is -0.260. The monoisotopic (exact) mass is 366 g/mol. The van der Waals surface area contributed by atoms with E-state index in [0.29, 0.717) is 12.2 Å². The van der Waals surface area contributed by atoms with Gasteiger partial charge in [0.15, 0.2) is 17.7 Å². The third-order valence-electron chi connectivity index (χ3n) is 5.84. The highest BCUT2D eigenvalue weighted by Gasteiger charge is 2.44. The Kier molecular flexibility index (Phi) is 4.01. The summed E-state index contributed by atoms with van der Waals surface area (Å²) in [5, 5.41) is 0. The molecule has 2 saturated heterocycles. The highest BCUT2D eigenvalue weighted by molar-refractivity contribution is 5.96. The molecule has 4 aliphatic rings. The molecule has 1 atom stereocenters. The highest BCUT2D eigenvalue weighted by atomic mass is 16.5. The summed E-state index contributed by atoms with van der Waals surface area (Å²) in [4.78, 5) is 27.7. The van der Waals surface area contributed by atoms with Gasteiger partial charge in [0.2, 0.25) is 5.43 Å². The van der Waals surface area contributed by atoms with Crippen molar-refractivity contribution in [3.63, 3.8) is 0 Å². The smallest absolute Gasteiger partial charge is 0.276 e. The minimum Gasteiger partial charge on any atom is -0.483 e. The molecule has 1 aliphatic carbocycles. The zero-order valence-corrected chi connectivity index (χ0v) is 15.0. The van der Waals surface area contributed by atoms with Crippen molar-refractivity contribution in [3.05, 3.63) is 64.1 Å². The van der Waals surface area contributed by atoms with Crippen LogP contribution >= 0.6 is 0 Å². The van der Waals surface area contributed by atoms with Crippen LogP contribution in [0.1, 0.15) is 41.7 Å². The van der Waals surface area contributed by atoms with Gasteiger partial charge in [-0.1, -0.05) is 30.3 Å². The van der Waals surface area contributed by atoms with Crippen LogP contribution < -0.4 is 10.2 Å². The Morgan fingerprint density at radius 3 is 2.59 bits per heavy atom. The van der Waals surface area contributed by atoms with E-state index in [1.165, 1.54) is 6.07 Å². The molecule has 2 bridgehead atoms. The van der Waals surface area contributed by atoms with E-state index in [2.05, 4.69) is 0 Å². The lowest BCUT2D eigenvalue weighted by molar-refractivity contribution is -0.0799. The Hall–Kier alpha value is -2.60. The van der Waals surface area contributed by atoms with Gasteiger partial charge in [-0.25, -0.2) is 0 Å². The summed E-state index contributed by atoms with van der Waals surface area (Å²) in [5.41, 5.74) is 1.05. The van der Waals surface area contributed by atoms with Gasteiger partial charge in [-0.05, 0) is 31.2 Å². The summed E-state index contributed by atoms with van der Waals surface area (Å²) in [6.45, 7) is 0.794. The van der Waals surface area contributed by atoms with Gasteiger partial charge in [-0.15, -0.1) is 0 Å². The second kappa shape index (κ2) is 6.53. The van der Waals surface area contributed by atoms with Gasteiger partial charge in [0.1, 0.15) is 6.61 Å². The van der Waals surface area contributed by atoms with Gasteiger partial charge in [0.25, 0.3) is 5.91 Å². The number of fused-ring (bicyclic) bond motifs is 3. The van der Waals surface area contributed by atoms with Crippen LogP contribution in [0.25, 0.3) is 0 Å². The van der Waals surface area contributed by atoms with Crippen molar-refractivity contribution >= 4 is 5.91 Å². The van der Waals surface area contributed by atoms with Gasteiger partial charge in [-0.2, -0.15) is 0 Å². The molecule has 1 aromatic carbocycles. The van der Waals surface area contributed by atoms with Crippen LogP contribution in [0.3, 0.4) is 0 Å². The van der Waals surface area contributed by atoms with Crippen molar-refractivity contribution in [1.29, 1.82) is 0 Å². The zero-order chi connectivity index (χ0) is 18.4. The fourth-order valence-corrected chi connectivity index (χ4v) is 4.50. The first-order valence-corrected chi connectivity index (χ1v) is 9.59. The van der Waals surface area contributed by atoms with Crippen LogP contribution in [-0.2, 0) is 17.9 Å². The van der Waals surface area contributed by atoms with Gasteiger partial charge in [0, 0.05) is 18.3 Å². The maximum atomic E-state index is 13.4. The molecule has 0 radical (unpaired) electrons. The van der Waals surface area contributed by atoms with Crippen molar-refractivity contribution in [2.24, 2.45) is 0 Å². The van der Waals surface area contributed by atoms with Crippen LogP contribution in [0.5, 0.6) is 5.75 Å². The molecule has 6 nitrogen and oxygen atoms in total. The van der Waals surface area contributed by atoms with Crippen molar-refractivity contribution in [2.75, 3.05) is 0 Å². The second-order valence-electron chi connectivity index (χ2n) is 7.52. The van der Waals surface area contributed by atoms with E-state index in [-0.39, 0.29) is 42.1 Å². The quantitative estimate of drug-likeness (QED) is 0.838. The van der Waals surface area contributed by atoms with E-state index in [9.17, 15) is 9.59 Å². The SMILES string of the molecule is O=C1c2c(OCc3ccccc3)c(=O)ccn2CC2OC3CCC(CC3)N12. The summed E-state index contributed by atoms with van der Waals surface area (Å²) in [6, 6.07) is 11.3. The first-order chi connectivity index (χ1) is 13.2.